The summed E-state index contributed by atoms with van der Waals surface area (Å²) in [6.45, 7) is 2.03. The molecular formula is C16H22ClN3O2. The molecule has 1 aliphatic heterocycles. The quantitative estimate of drug-likeness (QED) is 0.843. The van der Waals surface area contributed by atoms with E-state index in [1.807, 2.05) is 24.3 Å². The first kappa shape index (κ1) is 16.8. The number of nitrogens with one attached hydrogen (secondary N) is 2. The van der Waals surface area contributed by atoms with E-state index in [1.165, 1.54) is 12.8 Å². The molecule has 5 nitrogen and oxygen atoms in total. The van der Waals surface area contributed by atoms with Gasteiger partial charge in [-0.2, -0.15) is 0 Å². The van der Waals surface area contributed by atoms with Gasteiger partial charge in [-0.3, -0.25) is 9.59 Å². The minimum Gasteiger partial charge on any atom is -0.325 e. The molecule has 1 heterocycles. The summed E-state index contributed by atoms with van der Waals surface area (Å²) in [5, 5.41) is 6.04. The lowest BCUT2D eigenvalue weighted by atomic mass is 10.2. The lowest BCUT2D eigenvalue weighted by Crippen LogP contribution is -2.29. The molecule has 2 fully saturated rings. The van der Waals surface area contributed by atoms with E-state index >= 15 is 0 Å². The van der Waals surface area contributed by atoms with Crippen LogP contribution in [-0.2, 0) is 9.59 Å². The summed E-state index contributed by atoms with van der Waals surface area (Å²) in [6.07, 6.45) is 4.07. The van der Waals surface area contributed by atoms with Gasteiger partial charge < -0.3 is 15.5 Å². The number of carbonyl (C=O) groups is 2. The average Bonchev–Trinajstić information content (AvgIpc) is 3.19. The molecular weight excluding hydrogens is 302 g/mol. The number of benzene rings is 1. The third-order valence-electron chi connectivity index (χ3n) is 3.93. The highest BCUT2D eigenvalue weighted by Crippen LogP contribution is 2.27. The van der Waals surface area contributed by atoms with Gasteiger partial charge in [0.15, 0.2) is 0 Å². The third-order valence-corrected chi connectivity index (χ3v) is 3.93. The third kappa shape index (κ3) is 4.45. The Morgan fingerprint density at radius 3 is 2.82 bits per heavy atom. The zero-order valence-electron chi connectivity index (χ0n) is 12.5. The minimum absolute atomic E-state index is 0. The number of rotatable bonds is 6. The van der Waals surface area contributed by atoms with Gasteiger partial charge in [-0.05, 0) is 49.9 Å². The lowest BCUT2D eigenvalue weighted by molar-refractivity contribution is -0.117. The molecule has 0 atom stereocenters. The van der Waals surface area contributed by atoms with E-state index in [0.717, 1.165) is 36.8 Å². The van der Waals surface area contributed by atoms with Gasteiger partial charge >= 0.3 is 0 Å². The highest BCUT2D eigenvalue weighted by molar-refractivity contribution is 5.97. The van der Waals surface area contributed by atoms with Crippen molar-refractivity contribution in [3.05, 3.63) is 24.3 Å². The van der Waals surface area contributed by atoms with Crippen molar-refractivity contribution >= 4 is 35.6 Å². The summed E-state index contributed by atoms with van der Waals surface area (Å²) >= 11 is 0. The Hall–Kier alpha value is -1.59. The lowest BCUT2D eigenvalue weighted by Gasteiger charge is -2.16. The molecule has 0 radical (unpaired) electrons. The fourth-order valence-electron chi connectivity index (χ4n) is 2.59. The average molecular weight is 324 g/mol. The van der Waals surface area contributed by atoms with Crippen LogP contribution in [0.5, 0.6) is 0 Å². The fraction of sp³-hybridized carbons (Fsp3) is 0.500. The first-order valence-electron chi connectivity index (χ1n) is 7.63. The maximum Gasteiger partial charge on any atom is 0.238 e. The number of halogens is 1. The molecule has 6 heteroatoms. The van der Waals surface area contributed by atoms with Gasteiger partial charge in [-0.1, -0.05) is 6.07 Å². The molecule has 0 bridgehead atoms. The molecule has 0 aromatic heterocycles. The molecule has 1 saturated heterocycles. The van der Waals surface area contributed by atoms with Crippen LogP contribution in [0.25, 0.3) is 0 Å². The highest BCUT2D eigenvalue weighted by atomic mass is 35.5. The van der Waals surface area contributed by atoms with Crippen molar-refractivity contribution in [2.75, 3.05) is 29.9 Å². The molecule has 1 aromatic carbocycles. The van der Waals surface area contributed by atoms with E-state index in [2.05, 4.69) is 10.6 Å². The molecule has 2 aliphatic rings. The molecule has 0 unspecified atom stereocenters. The second kappa shape index (κ2) is 7.61. The van der Waals surface area contributed by atoms with Crippen molar-refractivity contribution in [3.8, 4) is 0 Å². The Morgan fingerprint density at radius 1 is 1.32 bits per heavy atom. The topological polar surface area (TPSA) is 61.4 Å². The van der Waals surface area contributed by atoms with Crippen LogP contribution in [0.3, 0.4) is 0 Å². The van der Waals surface area contributed by atoms with Crippen molar-refractivity contribution in [2.45, 2.75) is 25.7 Å². The maximum atomic E-state index is 11.9. The molecule has 3 rings (SSSR count). The van der Waals surface area contributed by atoms with Crippen LogP contribution in [0.15, 0.2) is 24.3 Å². The van der Waals surface area contributed by atoms with Crippen LogP contribution in [0, 0.1) is 5.92 Å². The largest absolute Gasteiger partial charge is 0.325 e. The van der Waals surface area contributed by atoms with Crippen molar-refractivity contribution in [1.29, 1.82) is 0 Å². The molecule has 120 valence electrons. The van der Waals surface area contributed by atoms with E-state index < -0.39 is 0 Å². The Kier molecular flexibility index (Phi) is 5.80. The van der Waals surface area contributed by atoms with Gasteiger partial charge in [-0.25, -0.2) is 0 Å². The van der Waals surface area contributed by atoms with E-state index in [9.17, 15) is 9.59 Å². The number of amides is 2. The van der Waals surface area contributed by atoms with Crippen LogP contribution in [-0.4, -0.2) is 31.4 Å². The molecule has 2 N–H and O–H groups in total. The predicted octanol–water partition coefficient (Wildman–Crippen LogP) is 2.17. The van der Waals surface area contributed by atoms with E-state index in [1.54, 1.807) is 4.90 Å². The van der Waals surface area contributed by atoms with Crippen LogP contribution < -0.4 is 15.5 Å². The number of carbonyl (C=O) groups excluding carboxylic acids is 2. The summed E-state index contributed by atoms with van der Waals surface area (Å²) in [5.41, 5.74) is 1.60. The summed E-state index contributed by atoms with van der Waals surface area (Å²) in [6, 6.07) is 7.49. The molecule has 22 heavy (non-hydrogen) atoms. The molecule has 1 aromatic rings. The fourth-order valence-corrected chi connectivity index (χ4v) is 2.59. The zero-order chi connectivity index (χ0) is 14.7. The SMILES string of the molecule is Cl.O=C(CNCC1CC1)Nc1cccc(N2CCCC2=O)c1. The van der Waals surface area contributed by atoms with Gasteiger partial charge in [0.1, 0.15) is 0 Å². The minimum atomic E-state index is -0.0412. The summed E-state index contributed by atoms with van der Waals surface area (Å²) < 4.78 is 0. The first-order chi connectivity index (χ1) is 10.2. The Balaban J connectivity index is 0.00000176. The van der Waals surface area contributed by atoms with Gasteiger partial charge in [0, 0.05) is 24.3 Å². The Labute approximate surface area is 136 Å². The molecule has 2 amide bonds. The predicted molar refractivity (Wildman–Crippen MR) is 89.5 cm³/mol. The number of hydrogen-bond donors (Lipinski definition) is 2. The summed E-state index contributed by atoms with van der Waals surface area (Å²) in [5.74, 6) is 0.882. The van der Waals surface area contributed by atoms with E-state index in [0.29, 0.717) is 13.0 Å². The van der Waals surface area contributed by atoms with Crippen LogP contribution in [0.2, 0.25) is 0 Å². The van der Waals surface area contributed by atoms with Crippen LogP contribution in [0.1, 0.15) is 25.7 Å². The number of nitrogens with zero attached hydrogens (tertiary/aromatic N) is 1. The van der Waals surface area contributed by atoms with Crippen LogP contribution >= 0.6 is 12.4 Å². The zero-order valence-corrected chi connectivity index (χ0v) is 13.3. The maximum absolute atomic E-state index is 11.9. The Morgan fingerprint density at radius 2 is 2.14 bits per heavy atom. The molecule has 1 aliphatic carbocycles. The summed E-state index contributed by atoms with van der Waals surface area (Å²) in [4.78, 5) is 25.4. The normalized spacial score (nSPS) is 17.3. The summed E-state index contributed by atoms with van der Waals surface area (Å²) in [7, 11) is 0. The van der Waals surface area contributed by atoms with Gasteiger partial charge in [0.05, 0.1) is 6.54 Å². The number of hydrogen-bond acceptors (Lipinski definition) is 3. The number of anilines is 2. The van der Waals surface area contributed by atoms with E-state index in [4.69, 9.17) is 0 Å². The van der Waals surface area contributed by atoms with E-state index in [-0.39, 0.29) is 24.2 Å². The molecule has 0 spiro atoms. The second-order valence-electron chi connectivity index (χ2n) is 5.82. The second-order valence-corrected chi connectivity index (χ2v) is 5.82. The van der Waals surface area contributed by atoms with Crippen molar-refractivity contribution < 1.29 is 9.59 Å². The first-order valence-corrected chi connectivity index (χ1v) is 7.63. The van der Waals surface area contributed by atoms with Crippen molar-refractivity contribution in [2.24, 2.45) is 5.92 Å². The van der Waals surface area contributed by atoms with Gasteiger partial charge in [-0.15, -0.1) is 12.4 Å². The Bertz CT molecular complexity index is 546. The standard InChI is InChI=1S/C16H21N3O2.ClH/c20-15(11-17-10-12-6-7-12)18-13-3-1-4-14(9-13)19-8-2-5-16(19)21;/h1,3-4,9,12,17H,2,5-8,10-11H2,(H,18,20);1H. The van der Waals surface area contributed by atoms with Gasteiger partial charge in [0.2, 0.25) is 11.8 Å². The van der Waals surface area contributed by atoms with Gasteiger partial charge in [0.25, 0.3) is 0 Å². The smallest absolute Gasteiger partial charge is 0.238 e. The monoisotopic (exact) mass is 323 g/mol. The highest BCUT2D eigenvalue weighted by Gasteiger charge is 2.22. The van der Waals surface area contributed by atoms with Crippen LogP contribution in [0.4, 0.5) is 11.4 Å². The van der Waals surface area contributed by atoms with Crippen molar-refractivity contribution in [1.82, 2.24) is 5.32 Å². The molecule has 1 saturated carbocycles. The van der Waals surface area contributed by atoms with Crippen molar-refractivity contribution in [3.63, 3.8) is 0 Å².